The highest BCUT2D eigenvalue weighted by Gasteiger charge is 2.43. The number of methoxy groups -OCH3 is 1. The Morgan fingerprint density at radius 1 is 1.09 bits per heavy atom. The predicted molar refractivity (Wildman–Crippen MR) is 127 cm³/mol. The van der Waals surface area contributed by atoms with Crippen molar-refractivity contribution in [3.63, 3.8) is 0 Å². The van der Waals surface area contributed by atoms with E-state index in [1.807, 2.05) is 60.5 Å². The molecule has 3 heterocycles. The smallest absolute Gasteiger partial charge is 0.282 e. The van der Waals surface area contributed by atoms with Gasteiger partial charge >= 0.3 is 0 Å². The number of imide groups is 1. The van der Waals surface area contributed by atoms with Crippen LogP contribution >= 0.6 is 11.3 Å². The Kier molecular flexibility index (Phi) is 6.37. The third-order valence-electron chi connectivity index (χ3n) is 5.52. The van der Waals surface area contributed by atoms with E-state index >= 15 is 0 Å². The molecule has 0 saturated heterocycles. The number of aromatic nitrogens is 1. The normalized spacial score (nSPS) is 13.8. The fourth-order valence-corrected chi connectivity index (χ4v) is 4.65. The van der Waals surface area contributed by atoms with Crippen LogP contribution in [0.1, 0.15) is 22.9 Å². The third kappa shape index (κ3) is 4.03. The van der Waals surface area contributed by atoms with Crippen LogP contribution < -0.4 is 9.64 Å². The van der Waals surface area contributed by atoms with Gasteiger partial charge in [-0.15, -0.1) is 11.3 Å². The van der Waals surface area contributed by atoms with Gasteiger partial charge in [-0.1, -0.05) is 12.1 Å². The number of nitrogens with zero attached hydrogens (tertiary/aromatic N) is 3. The zero-order valence-corrected chi connectivity index (χ0v) is 19.2. The average Bonchev–Trinajstić information content (AvgIpc) is 3.41. The van der Waals surface area contributed by atoms with Gasteiger partial charge in [-0.2, -0.15) is 0 Å². The third-order valence-corrected chi connectivity index (χ3v) is 6.41. The molecule has 2 amide bonds. The van der Waals surface area contributed by atoms with Crippen LogP contribution in [0, 0.1) is 6.92 Å². The van der Waals surface area contributed by atoms with E-state index < -0.39 is 0 Å². The molecule has 0 radical (unpaired) electrons. The molecule has 0 bridgehead atoms. The highest BCUT2D eigenvalue weighted by molar-refractivity contribution is 7.11. The number of rotatable bonds is 8. The second-order valence-corrected chi connectivity index (χ2v) is 8.45. The highest BCUT2D eigenvalue weighted by atomic mass is 32.1. The van der Waals surface area contributed by atoms with E-state index in [-0.39, 0.29) is 11.8 Å². The maximum atomic E-state index is 13.8. The summed E-state index contributed by atoms with van der Waals surface area (Å²) in [5, 5.41) is 1.92. The van der Waals surface area contributed by atoms with Gasteiger partial charge < -0.3 is 9.64 Å². The summed E-state index contributed by atoms with van der Waals surface area (Å²) in [5.41, 5.74) is 3.43. The lowest BCUT2D eigenvalue weighted by Crippen LogP contribution is -2.36. The number of anilines is 1. The number of hydrogen-bond donors (Lipinski definition) is 0. The van der Waals surface area contributed by atoms with Crippen molar-refractivity contribution in [2.45, 2.75) is 20.3 Å². The number of hydrogen-bond acceptors (Lipinski definition) is 6. The maximum Gasteiger partial charge on any atom is 0.282 e. The van der Waals surface area contributed by atoms with E-state index in [4.69, 9.17) is 4.74 Å². The molecule has 1 aromatic carbocycles. The molecule has 0 aliphatic carbocycles. The number of benzene rings is 1. The summed E-state index contributed by atoms with van der Waals surface area (Å²) in [6.07, 6.45) is 4.27. The molecule has 1 aliphatic heterocycles. The lowest BCUT2D eigenvalue weighted by atomic mass is 10.1. The van der Waals surface area contributed by atoms with Gasteiger partial charge in [0.25, 0.3) is 11.8 Å². The molecule has 6 nitrogen and oxygen atoms in total. The molecule has 0 fully saturated rings. The number of thiophene rings is 1. The van der Waals surface area contributed by atoms with Crippen molar-refractivity contribution in [1.29, 1.82) is 0 Å². The largest absolute Gasteiger partial charge is 0.495 e. The van der Waals surface area contributed by atoms with Gasteiger partial charge in [0, 0.05) is 30.4 Å². The van der Waals surface area contributed by atoms with Crippen LogP contribution in [-0.2, 0) is 16.0 Å². The maximum absolute atomic E-state index is 13.8. The summed E-state index contributed by atoms with van der Waals surface area (Å²) in [6.45, 7) is 5.14. The van der Waals surface area contributed by atoms with Crippen molar-refractivity contribution in [3.8, 4) is 5.75 Å². The summed E-state index contributed by atoms with van der Waals surface area (Å²) >= 11 is 1.46. The summed E-state index contributed by atoms with van der Waals surface area (Å²) in [7, 11) is 1.54. The molecule has 0 spiro atoms. The predicted octanol–water partition coefficient (Wildman–Crippen LogP) is 4.31. The van der Waals surface area contributed by atoms with Crippen molar-refractivity contribution in [3.05, 3.63) is 81.9 Å². The monoisotopic (exact) mass is 447 g/mol. The number of ether oxygens (including phenoxy) is 1. The fraction of sp³-hybridized carbons (Fsp3) is 0.240. The molecular formula is C25H25N3O3S. The first-order valence-electron chi connectivity index (χ1n) is 10.5. The van der Waals surface area contributed by atoms with Crippen LogP contribution in [0.4, 0.5) is 5.69 Å². The SMILES string of the molecule is CCN(CCc1ccncc1)C1=C(c2cccs2)C(=O)N(c2cc(C)ccc2OC)C1=O. The Bertz CT molecular complexity index is 1160. The van der Waals surface area contributed by atoms with Crippen molar-refractivity contribution in [1.82, 2.24) is 9.88 Å². The number of aryl methyl sites for hydroxylation is 1. The topological polar surface area (TPSA) is 62.7 Å². The minimum absolute atomic E-state index is 0.320. The number of likely N-dealkylation sites (N-methyl/N-ethyl adjacent to an activating group) is 1. The molecule has 1 aliphatic rings. The summed E-state index contributed by atoms with van der Waals surface area (Å²) in [6, 6.07) is 13.2. The van der Waals surface area contributed by atoms with Crippen LogP contribution in [0.25, 0.3) is 5.57 Å². The van der Waals surface area contributed by atoms with E-state index in [2.05, 4.69) is 4.98 Å². The second kappa shape index (κ2) is 9.36. The van der Waals surface area contributed by atoms with Crippen LogP contribution in [0.15, 0.2) is 65.9 Å². The minimum atomic E-state index is -0.321. The molecule has 7 heteroatoms. The van der Waals surface area contributed by atoms with Crippen LogP contribution in [-0.4, -0.2) is 41.9 Å². The van der Waals surface area contributed by atoms with Crippen LogP contribution in [0.2, 0.25) is 0 Å². The Labute approximate surface area is 191 Å². The van der Waals surface area contributed by atoms with Gasteiger partial charge in [0.1, 0.15) is 11.4 Å². The minimum Gasteiger partial charge on any atom is -0.495 e. The first-order chi connectivity index (χ1) is 15.5. The Hall–Kier alpha value is -3.45. The molecule has 4 rings (SSSR count). The van der Waals surface area contributed by atoms with Crippen molar-refractivity contribution >= 4 is 34.4 Å². The Morgan fingerprint density at radius 3 is 2.53 bits per heavy atom. The molecule has 2 aromatic heterocycles. The van der Waals surface area contributed by atoms with Crippen molar-refractivity contribution < 1.29 is 14.3 Å². The molecule has 32 heavy (non-hydrogen) atoms. The number of carbonyl (C=O) groups excluding carboxylic acids is 2. The molecule has 3 aromatic rings. The molecule has 164 valence electrons. The van der Waals surface area contributed by atoms with Gasteiger partial charge in [-0.3, -0.25) is 14.6 Å². The molecular weight excluding hydrogens is 422 g/mol. The zero-order valence-electron chi connectivity index (χ0n) is 18.4. The first kappa shape index (κ1) is 21.8. The summed E-state index contributed by atoms with van der Waals surface area (Å²) < 4.78 is 5.48. The van der Waals surface area contributed by atoms with Crippen molar-refractivity contribution in [2.75, 3.05) is 25.1 Å². The van der Waals surface area contributed by atoms with E-state index in [0.29, 0.717) is 35.8 Å². The Balaban J connectivity index is 1.76. The van der Waals surface area contributed by atoms with Crippen LogP contribution in [0.3, 0.4) is 0 Å². The molecule has 0 saturated carbocycles. The van der Waals surface area contributed by atoms with E-state index in [9.17, 15) is 9.59 Å². The van der Waals surface area contributed by atoms with E-state index in [1.54, 1.807) is 25.6 Å². The lowest BCUT2D eigenvalue weighted by molar-refractivity contribution is -0.120. The lowest BCUT2D eigenvalue weighted by Gasteiger charge is -2.25. The molecule has 0 unspecified atom stereocenters. The zero-order chi connectivity index (χ0) is 22.7. The summed E-state index contributed by atoms with van der Waals surface area (Å²) in [5.74, 6) is -0.151. The number of pyridine rings is 1. The standard InChI is InChI=1S/C25H25N3O3S/c1-4-27(14-11-18-9-12-26-13-10-18)23-22(21-6-5-15-32-21)24(29)28(25(23)30)19-16-17(2)7-8-20(19)31-3/h5-10,12-13,15-16H,4,11,14H2,1-3H3. The first-order valence-corrected chi connectivity index (χ1v) is 11.4. The average molecular weight is 448 g/mol. The number of amides is 2. The molecule has 0 N–H and O–H groups in total. The van der Waals surface area contributed by atoms with E-state index in [1.165, 1.54) is 16.2 Å². The van der Waals surface area contributed by atoms with Gasteiger partial charge in [0.15, 0.2) is 0 Å². The molecule has 0 atom stereocenters. The van der Waals surface area contributed by atoms with Gasteiger partial charge in [-0.25, -0.2) is 4.90 Å². The quantitative estimate of drug-likeness (QED) is 0.482. The summed E-state index contributed by atoms with van der Waals surface area (Å²) in [4.78, 5) is 35.5. The van der Waals surface area contributed by atoms with E-state index in [0.717, 1.165) is 22.4 Å². The van der Waals surface area contributed by atoms with Gasteiger partial charge in [-0.05, 0) is 67.1 Å². The van der Waals surface area contributed by atoms with Crippen molar-refractivity contribution in [2.24, 2.45) is 0 Å². The second-order valence-electron chi connectivity index (χ2n) is 7.51. The number of carbonyl (C=O) groups is 2. The van der Waals surface area contributed by atoms with Gasteiger partial charge in [0.05, 0.1) is 18.4 Å². The highest BCUT2D eigenvalue weighted by Crippen LogP contribution is 2.40. The Morgan fingerprint density at radius 2 is 1.88 bits per heavy atom. The van der Waals surface area contributed by atoms with Gasteiger partial charge in [0.2, 0.25) is 0 Å². The van der Waals surface area contributed by atoms with Crippen LogP contribution in [0.5, 0.6) is 5.75 Å². The fourth-order valence-electron chi connectivity index (χ4n) is 3.89.